The van der Waals surface area contributed by atoms with Crippen molar-refractivity contribution >= 4 is 51.8 Å². The molecule has 2 aromatic heterocycles. The molecule has 0 aliphatic heterocycles. The number of ether oxygens (including phenoxy) is 2. The maximum Gasteiger partial charge on any atom is 0.347 e. The first kappa shape index (κ1) is 22.9. The van der Waals surface area contributed by atoms with E-state index in [1.807, 2.05) is 6.92 Å². The Kier molecular flexibility index (Phi) is 7.40. The van der Waals surface area contributed by atoms with Crippen molar-refractivity contribution in [2.45, 2.75) is 45.8 Å². The second-order valence-electron chi connectivity index (χ2n) is 6.87. The molecule has 1 atom stereocenters. The zero-order valence-electron chi connectivity index (χ0n) is 17.3. The second-order valence-corrected chi connectivity index (χ2v) is 7.63. The van der Waals surface area contributed by atoms with Gasteiger partial charge in [-0.3, -0.25) is 0 Å². The van der Waals surface area contributed by atoms with Gasteiger partial charge in [-0.25, -0.2) is 19.7 Å². The van der Waals surface area contributed by atoms with Crippen LogP contribution < -0.4 is 16.2 Å². The highest BCUT2D eigenvalue weighted by Crippen LogP contribution is 2.39. The number of fused-ring (bicyclic) bond motifs is 1. The molecule has 3 aromatic rings. The van der Waals surface area contributed by atoms with Gasteiger partial charge in [0.15, 0.2) is 17.6 Å². The topological polar surface area (TPSA) is 131 Å². The summed E-state index contributed by atoms with van der Waals surface area (Å²) in [5, 5.41) is 0.419. The maximum atomic E-state index is 12.4. The molecule has 166 valence electrons. The Balaban J connectivity index is 2.02. The summed E-state index contributed by atoms with van der Waals surface area (Å²) in [5.74, 6) is 0.161. The number of benzene rings is 1. The summed E-state index contributed by atoms with van der Waals surface area (Å²) in [6, 6.07) is 1.56. The molecular weight excluding hydrogens is 443 g/mol. The number of rotatable bonds is 9. The number of nitrogen functional groups attached to an aromatic ring is 2. The van der Waals surface area contributed by atoms with Crippen molar-refractivity contribution in [2.24, 2.45) is 0 Å². The normalized spacial score (nSPS) is 12.1. The largest absolute Gasteiger partial charge is 0.478 e. The van der Waals surface area contributed by atoms with Crippen LogP contribution in [0.1, 0.15) is 38.7 Å². The summed E-state index contributed by atoms with van der Waals surface area (Å²) in [5.41, 5.74) is 13.7. The molecule has 4 N–H and O–H groups in total. The predicted molar refractivity (Wildman–Crippen MR) is 120 cm³/mol. The van der Waals surface area contributed by atoms with Crippen LogP contribution in [0, 0.1) is 0 Å². The Morgan fingerprint density at radius 1 is 1.19 bits per heavy atom. The molecule has 0 amide bonds. The fraction of sp³-hybridized carbons (Fsp3) is 0.400. The Labute approximate surface area is 189 Å². The highest BCUT2D eigenvalue weighted by Gasteiger charge is 2.25. The van der Waals surface area contributed by atoms with Crippen molar-refractivity contribution in [1.82, 2.24) is 19.5 Å². The molecule has 0 saturated heterocycles. The number of nitrogens with two attached hydrogens (primary N) is 2. The summed E-state index contributed by atoms with van der Waals surface area (Å²) in [4.78, 5) is 24.9. The van der Waals surface area contributed by atoms with Crippen LogP contribution in [-0.4, -0.2) is 38.2 Å². The van der Waals surface area contributed by atoms with Gasteiger partial charge in [0.05, 0.1) is 35.2 Å². The zero-order valence-corrected chi connectivity index (χ0v) is 18.8. The van der Waals surface area contributed by atoms with Gasteiger partial charge in [-0.1, -0.05) is 36.5 Å². The van der Waals surface area contributed by atoms with Gasteiger partial charge in [0.1, 0.15) is 17.6 Å². The molecule has 0 fully saturated rings. The number of halogens is 2. The number of imidazole rings is 1. The van der Waals surface area contributed by atoms with E-state index < -0.39 is 12.1 Å². The van der Waals surface area contributed by atoms with E-state index in [4.69, 9.17) is 44.1 Å². The lowest BCUT2D eigenvalue weighted by molar-refractivity contribution is -0.151. The number of hydrogen-bond donors (Lipinski definition) is 2. The van der Waals surface area contributed by atoms with E-state index in [0.29, 0.717) is 28.9 Å². The molecule has 1 aromatic carbocycles. The van der Waals surface area contributed by atoms with E-state index in [9.17, 15) is 4.79 Å². The molecular formula is C20H24Cl2N6O3. The van der Waals surface area contributed by atoms with Gasteiger partial charge in [0, 0.05) is 11.6 Å². The first-order chi connectivity index (χ1) is 14.9. The average Bonchev–Trinajstić information content (AvgIpc) is 3.16. The number of carbonyl (C=O) groups is 1. The van der Waals surface area contributed by atoms with Crippen LogP contribution in [-0.2, 0) is 16.1 Å². The third kappa shape index (κ3) is 4.94. The average molecular weight is 467 g/mol. The number of unbranched alkanes of at least 4 members (excludes halogenated alkanes) is 1. The molecule has 0 unspecified atom stereocenters. The minimum Gasteiger partial charge on any atom is -0.478 e. The van der Waals surface area contributed by atoms with Crippen LogP contribution in [0.3, 0.4) is 0 Å². The molecule has 0 bridgehead atoms. The van der Waals surface area contributed by atoms with E-state index >= 15 is 0 Å². The number of carbonyl (C=O) groups excluding carboxylic acids is 1. The predicted octanol–water partition coefficient (Wildman–Crippen LogP) is 3.85. The summed E-state index contributed by atoms with van der Waals surface area (Å²) in [6.45, 7) is 4.24. The van der Waals surface area contributed by atoms with Crippen LogP contribution in [0.4, 0.5) is 11.5 Å². The number of esters is 1. The zero-order chi connectivity index (χ0) is 22.5. The quantitative estimate of drug-likeness (QED) is 0.358. The second kappa shape index (κ2) is 10.0. The van der Waals surface area contributed by atoms with Crippen molar-refractivity contribution in [3.05, 3.63) is 34.3 Å². The van der Waals surface area contributed by atoms with Gasteiger partial charge in [-0.2, -0.15) is 0 Å². The Bertz CT molecular complexity index is 1090. The number of nitrogens with zero attached hydrogens (tertiary/aromatic N) is 4. The van der Waals surface area contributed by atoms with E-state index in [2.05, 4.69) is 15.0 Å². The van der Waals surface area contributed by atoms with Gasteiger partial charge >= 0.3 is 5.97 Å². The van der Waals surface area contributed by atoms with E-state index in [0.717, 1.165) is 12.8 Å². The standard InChI is InChI=1S/C20H24Cl2N6O3/c1-3-5-6-13(20(29)30-4-2)31-14-7-12(23)16(22)15(21)11(14)8-28-10-27-17-18(24)25-9-26-19(17)28/h7,9-10,13H,3-6,8,23H2,1-2H3,(H2,24,25,26)/t13-/m1/s1. The molecule has 0 spiro atoms. The summed E-state index contributed by atoms with van der Waals surface area (Å²) < 4.78 is 13.0. The molecule has 11 heteroatoms. The van der Waals surface area contributed by atoms with E-state index in [1.54, 1.807) is 23.9 Å². The van der Waals surface area contributed by atoms with E-state index in [-0.39, 0.29) is 34.7 Å². The SMILES string of the molecule is CCCC[C@@H](Oc1cc(N)c(Cl)c(Cl)c1Cn1cnc2c(N)ncnc21)C(=O)OCC. The number of anilines is 2. The van der Waals surface area contributed by atoms with Gasteiger partial charge in [-0.05, 0) is 19.8 Å². The lowest BCUT2D eigenvalue weighted by Gasteiger charge is -2.21. The van der Waals surface area contributed by atoms with Crippen LogP contribution in [0.2, 0.25) is 10.0 Å². The minimum absolute atomic E-state index is 0.198. The molecule has 0 aliphatic carbocycles. The van der Waals surface area contributed by atoms with Crippen molar-refractivity contribution in [2.75, 3.05) is 18.1 Å². The van der Waals surface area contributed by atoms with Crippen LogP contribution in [0.15, 0.2) is 18.7 Å². The van der Waals surface area contributed by atoms with Gasteiger partial charge in [-0.15, -0.1) is 0 Å². The molecule has 31 heavy (non-hydrogen) atoms. The van der Waals surface area contributed by atoms with Gasteiger partial charge in [0.2, 0.25) is 0 Å². The lowest BCUT2D eigenvalue weighted by atomic mass is 10.1. The summed E-state index contributed by atoms with van der Waals surface area (Å²) in [6.07, 6.45) is 4.31. The number of hydrogen-bond acceptors (Lipinski definition) is 8. The smallest absolute Gasteiger partial charge is 0.347 e. The minimum atomic E-state index is -0.798. The first-order valence-electron chi connectivity index (χ1n) is 9.88. The van der Waals surface area contributed by atoms with Gasteiger partial charge < -0.3 is 25.5 Å². The highest BCUT2D eigenvalue weighted by atomic mass is 35.5. The fourth-order valence-corrected chi connectivity index (χ4v) is 3.53. The van der Waals surface area contributed by atoms with E-state index in [1.165, 1.54) is 6.33 Å². The molecule has 0 radical (unpaired) electrons. The number of aromatic nitrogens is 4. The van der Waals surface area contributed by atoms with Crippen LogP contribution in [0.5, 0.6) is 5.75 Å². The molecule has 0 aliphatic rings. The van der Waals surface area contributed by atoms with Crippen LogP contribution in [0.25, 0.3) is 11.2 Å². The third-order valence-electron chi connectivity index (χ3n) is 4.69. The monoisotopic (exact) mass is 466 g/mol. The molecule has 2 heterocycles. The maximum absolute atomic E-state index is 12.4. The molecule has 3 rings (SSSR count). The van der Waals surface area contributed by atoms with Crippen LogP contribution >= 0.6 is 23.2 Å². The van der Waals surface area contributed by atoms with Crippen molar-refractivity contribution in [3.8, 4) is 5.75 Å². The first-order valence-corrected chi connectivity index (χ1v) is 10.6. The van der Waals surface area contributed by atoms with Crippen molar-refractivity contribution in [1.29, 1.82) is 0 Å². The van der Waals surface area contributed by atoms with Crippen molar-refractivity contribution in [3.63, 3.8) is 0 Å². The Morgan fingerprint density at radius 3 is 2.68 bits per heavy atom. The third-order valence-corrected chi connectivity index (χ3v) is 5.61. The Hall–Kier alpha value is -2.78. The summed E-state index contributed by atoms with van der Waals surface area (Å²) >= 11 is 12.8. The molecule has 9 nitrogen and oxygen atoms in total. The fourth-order valence-electron chi connectivity index (χ4n) is 3.10. The van der Waals surface area contributed by atoms with Gasteiger partial charge in [0.25, 0.3) is 0 Å². The highest BCUT2D eigenvalue weighted by molar-refractivity contribution is 6.44. The summed E-state index contributed by atoms with van der Waals surface area (Å²) in [7, 11) is 0. The Morgan fingerprint density at radius 2 is 1.97 bits per heavy atom. The lowest BCUT2D eigenvalue weighted by Crippen LogP contribution is -2.30. The van der Waals surface area contributed by atoms with Crippen molar-refractivity contribution < 1.29 is 14.3 Å². The molecule has 0 saturated carbocycles.